The fourth-order valence-electron chi connectivity index (χ4n) is 2.02. The fourth-order valence-corrected chi connectivity index (χ4v) is 3.14. The molecule has 20 heavy (non-hydrogen) atoms. The van der Waals surface area contributed by atoms with Crippen molar-refractivity contribution in [3.8, 4) is 6.07 Å². The molecule has 0 amide bonds. The third-order valence-corrected chi connectivity index (χ3v) is 4.99. The first-order chi connectivity index (χ1) is 9.65. The minimum absolute atomic E-state index is 0.337. The molecule has 1 aromatic carbocycles. The number of nitrogens with one attached hydrogen (secondary N) is 1. The van der Waals surface area contributed by atoms with Crippen LogP contribution in [0.5, 0.6) is 0 Å². The first kappa shape index (κ1) is 17.6. The van der Waals surface area contributed by atoms with Crippen molar-refractivity contribution in [2.75, 3.05) is 12.3 Å². The Bertz CT molecular complexity index is 427. The standard InChI is InChI=1S/C16H23BrN2S/c1-3-11-19-16(4-2,13-18)10-5-12-20-15-8-6-14(17)7-9-15/h6-9,19H,3-5,10-12H2,1-2H3. The van der Waals surface area contributed by atoms with Gasteiger partial charge in [0.25, 0.3) is 0 Å². The maximum atomic E-state index is 9.43. The summed E-state index contributed by atoms with van der Waals surface area (Å²) in [5.74, 6) is 1.05. The van der Waals surface area contributed by atoms with Crippen molar-refractivity contribution in [2.24, 2.45) is 0 Å². The molecule has 0 fully saturated rings. The van der Waals surface area contributed by atoms with E-state index < -0.39 is 0 Å². The molecule has 1 rings (SSSR count). The van der Waals surface area contributed by atoms with Crippen LogP contribution in [0.1, 0.15) is 39.5 Å². The Morgan fingerprint density at radius 3 is 2.55 bits per heavy atom. The number of benzene rings is 1. The van der Waals surface area contributed by atoms with Crippen molar-refractivity contribution >= 4 is 27.7 Å². The lowest BCUT2D eigenvalue weighted by Crippen LogP contribution is -2.43. The second-order valence-electron chi connectivity index (χ2n) is 4.88. The molecule has 2 nitrogen and oxygen atoms in total. The molecule has 0 bridgehead atoms. The van der Waals surface area contributed by atoms with Crippen molar-refractivity contribution in [2.45, 2.75) is 50.0 Å². The van der Waals surface area contributed by atoms with Gasteiger partial charge in [-0.1, -0.05) is 29.8 Å². The van der Waals surface area contributed by atoms with Crippen LogP contribution < -0.4 is 5.32 Å². The topological polar surface area (TPSA) is 35.8 Å². The summed E-state index contributed by atoms with van der Waals surface area (Å²) < 4.78 is 1.11. The van der Waals surface area contributed by atoms with Gasteiger partial charge >= 0.3 is 0 Å². The van der Waals surface area contributed by atoms with Gasteiger partial charge in [-0.15, -0.1) is 11.8 Å². The Kier molecular flexibility index (Phi) is 8.28. The molecule has 0 aliphatic heterocycles. The summed E-state index contributed by atoms with van der Waals surface area (Å²) in [7, 11) is 0. The highest BCUT2D eigenvalue weighted by molar-refractivity contribution is 9.10. The van der Waals surface area contributed by atoms with Gasteiger partial charge in [0.1, 0.15) is 5.54 Å². The zero-order valence-electron chi connectivity index (χ0n) is 12.3. The van der Waals surface area contributed by atoms with Gasteiger partial charge in [-0.25, -0.2) is 0 Å². The molecule has 1 atom stereocenters. The largest absolute Gasteiger partial charge is 0.299 e. The molecule has 4 heteroatoms. The van der Waals surface area contributed by atoms with E-state index in [1.165, 1.54) is 4.90 Å². The average molecular weight is 355 g/mol. The molecule has 0 aliphatic carbocycles. The number of rotatable bonds is 9. The summed E-state index contributed by atoms with van der Waals surface area (Å²) >= 11 is 5.30. The summed E-state index contributed by atoms with van der Waals surface area (Å²) in [6, 6.07) is 10.9. The van der Waals surface area contributed by atoms with Crippen LogP contribution in [0.25, 0.3) is 0 Å². The molecule has 0 spiro atoms. The lowest BCUT2D eigenvalue weighted by Gasteiger charge is -2.26. The van der Waals surface area contributed by atoms with Crippen LogP contribution >= 0.6 is 27.7 Å². The summed E-state index contributed by atoms with van der Waals surface area (Å²) in [5.41, 5.74) is -0.337. The lowest BCUT2D eigenvalue weighted by molar-refractivity contribution is 0.371. The minimum atomic E-state index is -0.337. The Morgan fingerprint density at radius 1 is 1.30 bits per heavy atom. The van der Waals surface area contributed by atoms with E-state index >= 15 is 0 Å². The second kappa shape index (κ2) is 9.44. The molecule has 110 valence electrons. The van der Waals surface area contributed by atoms with Crippen LogP contribution in [-0.4, -0.2) is 17.8 Å². The SMILES string of the molecule is CCCNC(C#N)(CC)CCCSc1ccc(Br)cc1. The first-order valence-electron chi connectivity index (χ1n) is 7.20. The molecular weight excluding hydrogens is 332 g/mol. The molecule has 0 aromatic heterocycles. The monoisotopic (exact) mass is 354 g/mol. The third-order valence-electron chi connectivity index (χ3n) is 3.36. The van der Waals surface area contributed by atoms with Gasteiger partial charge in [0.2, 0.25) is 0 Å². The molecular formula is C16H23BrN2S. The molecule has 1 N–H and O–H groups in total. The summed E-state index contributed by atoms with van der Waals surface area (Å²) in [4.78, 5) is 1.29. The zero-order valence-corrected chi connectivity index (χ0v) is 14.7. The van der Waals surface area contributed by atoms with E-state index in [2.05, 4.69) is 65.4 Å². The minimum Gasteiger partial charge on any atom is -0.299 e. The van der Waals surface area contributed by atoms with E-state index in [0.717, 1.165) is 42.5 Å². The number of halogens is 1. The van der Waals surface area contributed by atoms with Gasteiger partial charge in [-0.3, -0.25) is 5.32 Å². The third kappa shape index (κ3) is 5.87. The first-order valence-corrected chi connectivity index (χ1v) is 8.98. The predicted molar refractivity (Wildman–Crippen MR) is 91.0 cm³/mol. The van der Waals surface area contributed by atoms with E-state index in [4.69, 9.17) is 0 Å². The smallest absolute Gasteiger partial charge is 0.106 e. The highest BCUT2D eigenvalue weighted by atomic mass is 79.9. The lowest BCUT2D eigenvalue weighted by atomic mass is 9.92. The van der Waals surface area contributed by atoms with Gasteiger partial charge in [-0.2, -0.15) is 5.26 Å². The Labute approximate surface area is 135 Å². The second-order valence-corrected chi connectivity index (χ2v) is 6.96. The molecule has 0 saturated carbocycles. The number of hydrogen-bond donors (Lipinski definition) is 1. The van der Waals surface area contributed by atoms with Crippen molar-refractivity contribution in [3.63, 3.8) is 0 Å². The van der Waals surface area contributed by atoms with E-state index in [9.17, 15) is 5.26 Å². The Morgan fingerprint density at radius 2 is 2.00 bits per heavy atom. The maximum absolute atomic E-state index is 9.43. The normalized spacial score (nSPS) is 13.7. The zero-order chi connectivity index (χ0) is 14.8. The molecule has 1 unspecified atom stereocenters. The van der Waals surface area contributed by atoms with Crippen LogP contribution in [0.15, 0.2) is 33.6 Å². The summed E-state index contributed by atoms with van der Waals surface area (Å²) in [5, 5.41) is 12.8. The highest BCUT2D eigenvalue weighted by Crippen LogP contribution is 2.24. The molecule has 0 heterocycles. The van der Waals surface area contributed by atoms with Crippen LogP contribution in [0.3, 0.4) is 0 Å². The highest BCUT2D eigenvalue weighted by Gasteiger charge is 2.25. The van der Waals surface area contributed by atoms with Crippen molar-refractivity contribution in [1.29, 1.82) is 5.26 Å². The van der Waals surface area contributed by atoms with E-state index in [1.807, 2.05) is 11.8 Å². The van der Waals surface area contributed by atoms with Crippen LogP contribution in [0, 0.1) is 11.3 Å². The number of hydrogen-bond acceptors (Lipinski definition) is 3. The van der Waals surface area contributed by atoms with Gasteiger partial charge < -0.3 is 0 Å². The number of nitriles is 1. The van der Waals surface area contributed by atoms with Crippen molar-refractivity contribution in [1.82, 2.24) is 5.32 Å². The van der Waals surface area contributed by atoms with Gasteiger partial charge in [0.15, 0.2) is 0 Å². The van der Waals surface area contributed by atoms with Gasteiger partial charge in [0, 0.05) is 9.37 Å². The number of thioether (sulfide) groups is 1. The van der Waals surface area contributed by atoms with E-state index in [0.29, 0.717) is 0 Å². The fraction of sp³-hybridized carbons (Fsp3) is 0.562. The molecule has 1 aromatic rings. The summed E-state index contributed by atoms with van der Waals surface area (Å²) in [6.07, 6.45) is 3.91. The number of nitrogens with zero attached hydrogens (tertiary/aromatic N) is 1. The maximum Gasteiger partial charge on any atom is 0.106 e. The average Bonchev–Trinajstić information content (AvgIpc) is 2.49. The van der Waals surface area contributed by atoms with Crippen LogP contribution in [-0.2, 0) is 0 Å². The predicted octanol–water partition coefficient (Wildman–Crippen LogP) is 4.99. The quantitative estimate of drug-likeness (QED) is 0.501. The Balaban J connectivity index is 2.37. The van der Waals surface area contributed by atoms with Crippen molar-refractivity contribution < 1.29 is 0 Å². The van der Waals surface area contributed by atoms with Gasteiger partial charge in [-0.05, 0) is 62.2 Å². The van der Waals surface area contributed by atoms with E-state index in [-0.39, 0.29) is 5.54 Å². The summed E-state index contributed by atoms with van der Waals surface area (Å²) in [6.45, 7) is 5.14. The van der Waals surface area contributed by atoms with Crippen molar-refractivity contribution in [3.05, 3.63) is 28.7 Å². The van der Waals surface area contributed by atoms with Crippen LogP contribution in [0.4, 0.5) is 0 Å². The molecule has 0 aliphatic rings. The molecule has 0 saturated heterocycles. The Hall–Kier alpha value is -0.500. The van der Waals surface area contributed by atoms with E-state index in [1.54, 1.807) is 0 Å². The van der Waals surface area contributed by atoms with Gasteiger partial charge in [0.05, 0.1) is 6.07 Å². The molecule has 0 radical (unpaired) electrons. The van der Waals surface area contributed by atoms with Crippen LogP contribution in [0.2, 0.25) is 0 Å².